The number of amides is 2. The molecule has 43 heavy (non-hydrogen) atoms. The van der Waals surface area contributed by atoms with Crippen LogP contribution in [0.15, 0.2) is 46.9 Å². The normalized spacial score (nSPS) is 27.6. The number of nitrogens with one attached hydrogen (secondary N) is 1. The number of fused-ring (bicyclic) bond motifs is 4. The first-order valence-electron chi connectivity index (χ1n) is 14.2. The number of allylic oxidation sites excluding steroid dienone is 1. The van der Waals surface area contributed by atoms with E-state index in [-0.39, 0.29) is 41.7 Å². The van der Waals surface area contributed by atoms with Crippen LogP contribution < -0.4 is 11.1 Å². The van der Waals surface area contributed by atoms with E-state index >= 15 is 0 Å². The maximum atomic E-state index is 14.0. The van der Waals surface area contributed by atoms with E-state index in [0.717, 1.165) is 10.9 Å². The Kier molecular flexibility index (Phi) is 6.64. The number of likely N-dealkylation sites (tertiary alicyclic amines) is 1. The number of nitrogens with zero attached hydrogens (tertiary/aromatic N) is 2. The van der Waals surface area contributed by atoms with Gasteiger partial charge in [0.25, 0.3) is 5.91 Å². The number of aliphatic hydroxyl groups is 3. The Bertz CT molecular complexity index is 1690. The van der Waals surface area contributed by atoms with Gasteiger partial charge in [-0.1, -0.05) is 18.2 Å². The summed E-state index contributed by atoms with van der Waals surface area (Å²) in [6.45, 7) is 3.46. The van der Waals surface area contributed by atoms with Gasteiger partial charge in [-0.2, -0.15) is 0 Å². The van der Waals surface area contributed by atoms with Crippen LogP contribution in [0.1, 0.15) is 34.8 Å². The molecule has 2 aromatic carbocycles. The van der Waals surface area contributed by atoms with Crippen molar-refractivity contribution in [1.29, 1.82) is 0 Å². The van der Waals surface area contributed by atoms with Gasteiger partial charge in [0.05, 0.1) is 17.6 Å². The molecule has 1 saturated heterocycles. The van der Waals surface area contributed by atoms with Crippen LogP contribution in [-0.2, 0) is 27.3 Å². The minimum absolute atomic E-state index is 0.0138. The average Bonchev–Trinajstić information content (AvgIpc) is 2.89. The minimum atomic E-state index is -2.67. The number of phenols is 1. The van der Waals surface area contributed by atoms with Gasteiger partial charge < -0.3 is 31.5 Å². The van der Waals surface area contributed by atoms with Gasteiger partial charge in [0.15, 0.2) is 11.4 Å². The molecule has 0 radical (unpaired) electrons. The van der Waals surface area contributed by atoms with Gasteiger partial charge in [0.2, 0.25) is 11.7 Å². The average molecular weight is 591 g/mol. The number of hydrogen-bond acceptors (Lipinski definition) is 10. The molecule has 1 aliphatic heterocycles. The zero-order chi connectivity index (χ0) is 31.1. The molecule has 0 spiro atoms. The maximum absolute atomic E-state index is 14.0. The van der Waals surface area contributed by atoms with Crippen molar-refractivity contribution in [2.75, 3.05) is 27.2 Å². The fourth-order valence-corrected chi connectivity index (χ4v) is 7.50. The molecular weight excluding hydrogens is 556 g/mol. The van der Waals surface area contributed by atoms with Crippen molar-refractivity contribution < 1.29 is 39.6 Å². The van der Waals surface area contributed by atoms with Crippen LogP contribution in [0.3, 0.4) is 0 Å². The molecule has 2 amide bonds. The van der Waals surface area contributed by atoms with Gasteiger partial charge in [-0.05, 0) is 55.4 Å². The van der Waals surface area contributed by atoms with Crippen molar-refractivity contribution in [2.45, 2.75) is 44.0 Å². The molecule has 2 aromatic rings. The third-order valence-electron chi connectivity index (χ3n) is 9.36. The van der Waals surface area contributed by atoms with Crippen molar-refractivity contribution >= 4 is 34.2 Å². The Balaban J connectivity index is 1.39. The summed E-state index contributed by atoms with van der Waals surface area (Å²) in [5.41, 5.74) is 3.15. The first-order valence-corrected chi connectivity index (χ1v) is 14.2. The van der Waals surface area contributed by atoms with E-state index in [1.165, 1.54) is 11.8 Å². The molecule has 1 fully saturated rings. The molecule has 6 rings (SSSR count). The Hall–Kier alpha value is -4.26. The summed E-state index contributed by atoms with van der Waals surface area (Å²) >= 11 is 0. The number of carbonyl (C=O) groups excluding carboxylic acids is 4. The fourth-order valence-electron chi connectivity index (χ4n) is 7.50. The van der Waals surface area contributed by atoms with Gasteiger partial charge in [-0.15, -0.1) is 0 Å². The monoisotopic (exact) mass is 590 g/mol. The van der Waals surface area contributed by atoms with Crippen LogP contribution in [0, 0.1) is 11.8 Å². The van der Waals surface area contributed by atoms with Crippen LogP contribution >= 0.6 is 0 Å². The highest BCUT2D eigenvalue weighted by molar-refractivity contribution is 6.25. The molecule has 4 aliphatic rings. The van der Waals surface area contributed by atoms with Crippen molar-refractivity contribution in [3.8, 4) is 5.75 Å². The van der Waals surface area contributed by atoms with E-state index in [1.807, 2.05) is 18.2 Å². The number of ketones is 2. The van der Waals surface area contributed by atoms with E-state index in [4.69, 9.17) is 5.73 Å². The van der Waals surface area contributed by atoms with Crippen molar-refractivity contribution in [3.05, 3.63) is 63.6 Å². The van der Waals surface area contributed by atoms with Crippen LogP contribution in [0.5, 0.6) is 5.75 Å². The third kappa shape index (κ3) is 4.23. The van der Waals surface area contributed by atoms with Gasteiger partial charge >= 0.3 is 0 Å². The van der Waals surface area contributed by atoms with E-state index in [2.05, 4.69) is 10.2 Å². The lowest BCUT2D eigenvalue weighted by molar-refractivity contribution is -0.148. The largest absolute Gasteiger partial charge is 0.510 e. The van der Waals surface area contributed by atoms with E-state index in [0.29, 0.717) is 30.6 Å². The Morgan fingerprint density at radius 1 is 1.14 bits per heavy atom. The lowest BCUT2D eigenvalue weighted by Gasteiger charge is -2.50. The second kappa shape index (κ2) is 9.90. The molecule has 4 atom stereocenters. The van der Waals surface area contributed by atoms with E-state index in [1.54, 1.807) is 20.2 Å². The molecule has 0 bridgehead atoms. The van der Waals surface area contributed by atoms with Gasteiger partial charge in [0, 0.05) is 43.4 Å². The highest BCUT2D eigenvalue weighted by Gasteiger charge is 2.63. The molecule has 12 nitrogen and oxygen atoms in total. The molecule has 0 aromatic heterocycles. The first-order chi connectivity index (χ1) is 20.2. The number of phenolic OH excluding ortho intramolecular Hbond substituents is 1. The maximum Gasteiger partial charge on any atom is 0.255 e. The number of carbonyl (C=O) groups is 4. The molecule has 0 saturated carbocycles. The highest BCUT2D eigenvalue weighted by atomic mass is 16.3. The van der Waals surface area contributed by atoms with E-state index in [9.17, 15) is 39.6 Å². The van der Waals surface area contributed by atoms with Crippen molar-refractivity contribution in [1.82, 2.24) is 15.1 Å². The Morgan fingerprint density at radius 2 is 1.84 bits per heavy atom. The first kappa shape index (κ1) is 28.8. The SMILES string of the molecule is CC(=O)NC1CN(Cc2ccc3cc4c(c(O)c3c2)C(=O)C2=C(O)[C@]3(O)C(=O)C(C(N)=O)=C(O)[C@@H](N(C)C)[C@@H]3C[C@@H]2C4)C1. The highest BCUT2D eigenvalue weighted by Crippen LogP contribution is 2.52. The molecular formula is C31H34N4O8. The summed E-state index contributed by atoms with van der Waals surface area (Å²) in [6, 6.07) is 6.51. The number of rotatable bonds is 5. The number of hydrogen-bond donors (Lipinski definition) is 6. The van der Waals surface area contributed by atoms with Crippen LogP contribution in [0.4, 0.5) is 0 Å². The summed E-state index contributed by atoms with van der Waals surface area (Å²) in [5.74, 6) is -6.74. The summed E-state index contributed by atoms with van der Waals surface area (Å²) in [5, 5.41) is 49.6. The number of aliphatic hydroxyl groups excluding tert-OH is 2. The second-order valence-corrected chi connectivity index (χ2v) is 12.4. The van der Waals surface area contributed by atoms with Crippen LogP contribution in [0.25, 0.3) is 10.8 Å². The molecule has 1 heterocycles. The number of primary amides is 1. The standard InChI is InChI=1S/C31H34N4O8/c1-13(36)33-18-11-35(12-18)10-14-4-5-15-7-16-8-17-9-20-24(34(2)3)27(39)23(30(32)42)29(41)31(20,43)28(40)22(17)26(38)21(16)25(37)19(15)6-14/h4-7,17-18,20,24,37,39-40,43H,8-12H2,1-3H3,(H2,32,42)(H,33,36)/t17-,20-,24-,31-/m0/s1. The van der Waals surface area contributed by atoms with Gasteiger partial charge in [0.1, 0.15) is 22.8 Å². The number of likely N-dealkylation sites (N-methyl/N-ethyl adjacent to an activating group) is 1. The van der Waals surface area contributed by atoms with Crippen molar-refractivity contribution in [2.24, 2.45) is 17.6 Å². The van der Waals surface area contributed by atoms with Gasteiger partial charge in [-0.3, -0.25) is 29.0 Å². The topological polar surface area (TPSA) is 194 Å². The fraction of sp³-hybridized carbons (Fsp3) is 0.419. The zero-order valence-corrected chi connectivity index (χ0v) is 24.0. The van der Waals surface area contributed by atoms with Gasteiger partial charge in [-0.25, -0.2) is 0 Å². The second-order valence-electron chi connectivity index (χ2n) is 12.4. The number of benzene rings is 2. The van der Waals surface area contributed by atoms with E-state index < -0.39 is 58.0 Å². The zero-order valence-electron chi connectivity index (χ0n) is 24.0. The van der Waals surface area contributed by atoms with Crippen LogP contribution in [0.2, 0.25) is 0 Å². The number of aromatic hydroxyl groups is 1. The lowest BCUT2D eigenvalue weighted by atomic mass is 9.58. The summed E-state index contributed by atoms with van der Waals surface area (Å²) in [4.78, 5) is 54.5. The minimum Gasteiger partial charge on any atom is -0.510 e. The molecule has 3 aliphatic carbocycles. The molecule has 226 valence electrons. The predicted molar refractivity (Wildman–Crippen MR) is 154 cm³/mol. The number of nitrogens with two attached hydrogens (primary N) is 1. The van der Waals surface area contributed by atoms with Crippen molar-refractivity contribution in [3.63, 3.8) is 0 Å². The Morgan fingerprint density at radius 3 is 2.47 bits per heavy atom. The summed E-state index contributed by atoms with van der Waals surface area (Å²) in [7, 11) is 3.18. The smallest absolute Gasteiger partial charge is 0.255 e. The Labute approximate surface area is 247 Å². The summed E-state index contributed by atoms with van der Waals surface area (Å²) in [6.07, 6.45) is 0.275. The predicted octanol–water partition coefficient (Wildman–Crippen LogP) is 0.594. The van der Waals surface area contributed by atoms with Crippen LogP contribution in [-0.4, -0.2) is 98.5 Å². The molecule has 12 heteroatoms. The number of Topliss-reactive ketones (excluding diaryl/α,β-unsaturated/α-hetero) is 2. The molecule has 7 N–H and O–H groups in total. The lowest BCUT2D eigenvalue weighted by Crippen LogP contribution is -2.63. The molecule has 0 unspecified atom stereocenters. The summed E-state index contributed by atoms with van der Waals surface area (Å²) < 4.78 is 0. The quantitative estimate of drug-likeness (QED) is 0.269. The third-order valence-corrected chi connectivity index (χ3v) is 9.36.